The molecule has 0 unspecified atom stereocenters. The number of nitrogens with zero attached hydrogens (tertiary/aromatic N) is 1. The molecule has 0 aromatic heterocycles. The van der Waals surface area contributed by atoms with Crippen LogP contribution in [0.3, 0.4) is 0 Å². The Labute approximate surface area is 42.8 Å². The first-order chi connectivity index (χ1) is 3.12. The summed E-state index contributed by atoms with van der Waals surface area (Å²) in [5.41, 5.74) is 0. The number of hydrogen-bond donors (Lipinski definition) is 0. The van der Waals surface area contributed by atoms with Gasteiger partial charge in [-0.1, -0.05) is 0 Å². The van der Waals surface area contributed by atoms with Crippen LogP contribution in [-0.2, 0) is 10.0 Å². The molecule has 40 valence electrons. The molecular weight excluding hydrogens is 114 g/mol. The van der Waals surface area contributed by atoms with Gasteiger partial charge in [0.15, 0.2) is 0 Å². The molecule has 0 aliphatic rings. The quantitative estimate of drug-likeness (QED) is 0.499. The van der Waals surface area contributed by atoms with Gasteiger partial charge in [-0.05, 0) is 6.92 Å². The van der Waals surface area contributed by atoms with Crippen LogP contribution >= 0.6 is 0 Å². The third kappa shape index (κ3) is 2.18. The Bertz CT molecular complexity index is 174. The summed E-state index contributed by atoms with van der Waals surface area (Å²) in [6, 6.07) is 0. The normalized spacial score (nSPS) is 10.3. The maximum Gasteiger partial charge on any atom is 0.478 e. The zero-order valence-electron chi connectivity index (χ0n) is 3.96. The second-order valence-corrected chi connectivity index (χ2v) is 2.93. The second-order valence-electron chi connectivity index (χ2n) is 0.976. The zero-order valence-corrected chi connectivity index (χ0v) is 4.77. The van der Waals surface area contributed by atoms with E-state index in [0.717, 1.165) is 0 Å². The fourth-order valence-corrected chi connectivity index (χ4v) is 0.224. The standard InChI is InChI=1S/C3H6NO2S/c1-3-7(5,6)4-2/h2H,3H2,1H3/q+1. The molecule has 0 N–H and O–H groups in total. The first kappa shape index (κ1) is 6.44. The van der Waals surface area contributed by atoms with Crippen LogP contribution < -0.4 is 0 Å². The summed E-state index contributed by atoms with van der Waals surface area (Å²) < 4.78 is 22.8. The van der Waals surface area contributed by atoms with Gasteiger partial charge in [-0.25, -0.2) is 0 Å². The fraction of sp³-hybridized carbons (Fsp3) is 0.667. The zero-order chi connectivity index (χ0) is 5.91. The molecule has 0 aliphatic heterocycles. The lowest BCUT2D eigenvalue weighted by molar-refractivity contribution is 0.605. The van der Waals surface area contributed by atoms with E-state index in [9.17, 15) is 8.42 Å². The molecular formula is C3H6NO2S+. The van der Waals surface area contributed by atoms with Crippen LogP contribution in [0.2, 0.25) is 0 Å². The van der Waals surface area contributed by atoms with Crippen LogP contribution in [0.1, 0.15) is 6.92 Å². The van der Waals surface area contributed by atoms with Gasteiger partial charge in [-0.15, -0.1) is 8.42 Å². The molecule has 0 atom stereocenters. The van der Waals surface area contributed by atoms with Crippen LogP contribution in [-0.4, -0.2) is 14.2 Å². The van der Waals surface area contributed by atoms with Gasteiger partial charge in [0.25, 0.3) is 6.57 Å². The summed E-state index contributed by atoms with van der Waals surface area (Å²) in [6.45, 7) is 5.93. The highest BCUT2D eigenvalue weighted by Gasteiger charge is 2.11. The van der Waals surface area contributed by atoms with Gasteiger partial charge >= 0.3 is 10.0 Å². The second kappa shape index (κ2) is 1.94. The predicted octanol–water partition coefficient (Wildman–Crippen LogP) is 0.299. The van der Waals surface area contributed by atoms with Gasteiger partial charge in [0.1, 0.15) is 5.75 Å². The molecule has 0 rings (SSSR count). The molecule has 7 heavy (non-hydrogen) atoms. The van der Waals surface area contributed by atoms with E-state index in [1.165, 1.54) is 6.92 Å². The minimum atomic E-state index is -3.25. The monoisotopic (exact) mass is 120 g/mol. The molecule has 0 spiro atoms. The Kier molecular flexibility index (Phi) is 1.78. The van der Waals surface area contributed by atoms with E-state index in [0.29, 0.717) is 0 Å². The van der Waals surface area contributed by atoms with E-state index >= 15 is 0 Å². The first-order valence-electron chi connectivity index (χ1n) is 1.77. The highest BCUT2D eigenvalue weighted by molar-refractivity contribution is 7.93. The van der Waals surface area contributed by atoms with E-state index in [1.54, 1.807) is 0 Å². The number of rotatable bonds is 1. The van der Waals surface area contributed by atoms with E-state index in [1.807, 2.05) is 0 Å². The van der Waals surface area contributed by atoms with Gasteiger partial charge < -0.3 is 0 Å². The van der Waals surface area contributed by atoms with Crippen molar-refractivity contribution in [1.29, 1.82) is 0 Å². The molecule has 0 aliphatic carbocycles. The van der Waals surface area contributed by atoms with Crippen molar-refractivity contribution in [1.82, 2.24) is 0 Å². The van der Waals surface area contributed by atoms with Crippen LogP contribution in [0.4, 0.5) is 0 Å². The maximum absolute atomic E-state index is 10.1. The number of hydrogen-bond acceptors (Lipinski definition) is 2. The lowest BCUT2D eigenvalue weighted by atomic mass is 11.0. The van der Waals surface area contributed by atoms with Gasteiger partial charge in [0.05, 0.1) is 4.25 Å². The van der Waals surface area contributed by atoms with Crippen LogP contribution in [0.25, 0.3) is 4.25 Å². The van der Waals surface area contributed by atoms with Gasteiger partial charge in [-0.3, -0.25) is 0 Å². The Morgan fingerprint density at radius 3 is 2.14 bits per heavy atom. The average molecular weight is 120 g/mol. The van der Waals surface area contributed by atoms with Crippen molar-refractivity contribution in [3.05, 3.63) is 4.25 Å². The highest BCUT2D eigenvalue weighted by Crippen LogP contribution is 1.86. The minimum Gasteiger partial charge on any atom is -0.148 e. The van der Waals surface area contributed by atoms with Crippen LogP contribution in [0.5, 0.6) is 0 Å². The molecule has 0 aromatic carbocycles. The van der Waals surface area contributed by atoms with E-state index in [4.69, 9.17) is 0 Å². The fourth-order valence-electron chi connectivity index (χ4n) is 0.0745. The molecule has 0 bridgehead atoms. The summed E-state index contributed by atoms with van der Waals surface area (Å²) in [5, 5.41) is 0. The summed E-state index contributed by atoms with van der Waals surface area (Å²) in [6.07, 6.45) is 0. The third-order valence-electron chi connectivity index (χ3n) is 0.525. The van der Waals surface area contributed by atoms with Crippen molar-refractivity contribution in [2.45, 2.75) is 6.92 Å². The van der Waals surface area contributed by atoms with Crippen molar-refractivity contribution < 1.29 is 8.42 Å². The van der Waals surface area contributed by atoms with Crippen molar-refractivity contribution in [3.8, 4) is 6.57 Å². The third-order valence-corrected chi connectivity index (χ3v) is 1.58. The van der Waals surface area contributed by atoms with Gasteiger partial charge in [-0.2, -0.15) is 0 Å². The van der Waals surface area contributed by atoms with Crippen molar-refractivity contribution in [3.63, 3.8) is 0 Å². The Hall–Kier alpha value is -0.560. The Balaban J connectivity index is 4.28. The molecule has 0 fully saturated rings. The molecule has 3 nitrogen and oxygen atoms in total. The highest BCUT2D eigenvalue weighted by atomic mass is 32.2. The molecule has 0 heterocycles. The summed E-state index contributed by atoms with van der Waals surface area (Å²) in [5.74, 6) is -0.0243. The summed E-state index contributed by atoms with van der Waals surface area (Å²) in [4.78, 5) is 0. The Morgan fingerprint density at radius 2 is 2.14 bits per heavy atom. The van der Waals surface area contributed by atoms with Crippen molar-refractivity contribution >= 4 is 10.0 Å². The van der Waals surface area contributed by atoms with E-state index < -0.39 is 10.0 Å². The number of sulfonamides is 1. The molecule has 0 aromatic rings. The average Bonchev–Trinajstić information content (AvgIpc) is 1.68. The first-order valence-corrected chi connectivity index (χ1v) is 3.38. The molecule has 0 radical (unpaired) electrons. The largest absolute Gasteiger partial charge is 0.478 e. The summed E-state index contributed by atoms with van der Waals surface area (Å²) >= 11 is 0. The lowest BCUT2D eigenvalue weighted by Gasteiger charge is -1.67. The molecule has 0 saturated heterocycles. The molecule has 0 amide bonds. The van der Waals surface area contributed by atoms with Gasteiger partial charge in [0.2, 0.25) is 0 Å². The predicted molar refractivity (Wildman–Crippen MR) is 27.8 cm³/mol. The maximum atomic E-state index is 10.1. The van der Waals surface area contributed by atoms with Crippen LogP contribution in [0.15, 0.2) is 0 Å². The van der Waals surface area contributed by atoms with Gasteiger partial charge in [0, 0.05) is 0 Å². The topological polar surface area (TPSA) is 38.5 Å². The molecule has 0 saturated carbocycles. The van der Waals surface area contributed by atoms with Crippen LogP contribution in [0, 0.1) is 6.57 Å². The molecule has 4 heteroatoms. The van der Waals surface area contributed by atoms with Crippen molar-refractivity contribution in [2.75, 3.05) is 5.75 Å². The smallest absolute Gasteiger partial charge is 0.148 e. The summed E-state index contributed by atoms with van der Waals surface area (Å²) in [7, 11) is -3.25. The Morgan fingerprint density at radius 1 is 1.71 bits per heavy atom. The van der Waals surface area contributed by atoms with E-state index in [-0.39, 0.29) is 5.75 Å². The van der Waals surface area contributed by atoms with E-state index in [2.05, 4.69) is 10.8 Å². The SMILES string of the molecule is C#[N+]S(=O)(=O)CC. The van der Waals surface area contributed by atoms with Crippen molar-refractivity contribution in [2.24, 2.45) is 0 Å². The lowest BCUT2D eigenvalue weighted by Crippen LogP contribution is -1.93. The minimum absolute atomic E-state index is 0.0243.